The number of benzene rings is 1. The maximum atomic E-state index is 12.8. The van der Waals surface area contributed by atoms with Crippen molar-refractivity contribution in [2.24, 2.45) is 11.3 Å². The number of nitrogens with one attached hydrogen (secondary N) is 1. The molecule has 0 heterocycles. The lowest BCUT2D eigenvalue weighted by atomic mass is 9.75. The van der Waals surface area contributed by atoms with Crippen molar-refractivity contribution in [2.75, 3.05) is 12.5 Å². The summed E-state index contributed by atoms with van der Waals surface area (Å²) in [6.07, 6.45) is 4.50. The van der Waals surface area contributed by atoms with Gasteiger partial charge in [0.15, 0.2) is 0 Å². The van der Waals surface area contributed by atoms with Crippen molar-refractivity contribution in [3.05, 3.63) is 29.3 Å². The maximum absolute atomic E-state index is 12.8. The topological polar surface area (TPSA) is 58.4 Å². The largest absolute Gasteiger partial charge is 0.339 e. The summed E-state index contributed by atoms with van der Waals surface area (Å²) >= 11 is 0. The molecule has 1 saturated carbocycles. The van der Waals surface area contributed by atoms with E-state index in [1.807, 2.05) is 37.1 Å². The first-order chi connectivity index (χ1) is 9.84. The standard InChI is InChI=1S/C17H27N3O/c1-12-5-6-15(19-18)14(11-12)16(21)20(4)13-7-9-17(2,3)10-8-13/h5-6,11,13,19H,7-10,18H2,1-4H3. The number of rotatable bonds is 3. The van der Waals surface area contributed by atoms with Gasteiger partial charge in [0.05, 0.1) is 11.3 Å². The first-order valence-corrected chi connectivity index (χ1v) is 7.68. The number of anilines is 1. The normalized spacial score (nSPS) is 18.3. The molecule has 0 bridgehead atoms. The Morgan fingerprint density at radius 3 is 2.52 bits per heavy atom. The lowest BCUT2D eigenvalue weighted by molar-refractivity contribution is 0.0636. The van der Waals surface area contributed by atoms with Gasteiger partial charge in [0, 0.05) is 13.1 Å². The lowest BCUT2D eigenvalue weighted by Crippen LogP contribution is -2.41. The second kappa shape index (κ2) is 6.06. The van der Waals surface area contributed by atoms with E-state index in [2.05, 4.69) is 19.3 Å². The number of hydrogen-bond acceptors (Lipinski definition) is 3. The SMILES string of the molecule is Cc1ccc(NN)c(C(=O)N(C)C2CCC(C)(C)CC2)c1. The highest BCUT2D eigenvalue weighted by molar-refractivity contribution is 5.99. The number of hydrogen-bond donors (Lipinski definition) is 2. The molecule has 21 heavy (non-hydrogen) atoms. The molecule has 1 fully saturated rings. The van der Waals surface area contributed by atoms with Gasteiger partial charge in [-0.2, -0.15) is 0 Å². The zero-order valence-electron chi connectivity index (χ0n) is 13.6. The van der Waals surface area contributed by atoms with E-state index in [0.29, 0.717) is 22.7 Å². The third-order valence-corrected chi connectivity index (χ3v) is 4.74. The van der Waals surface area contributed by atoms with Gasteiger partial charge in [0.25, 0.3) is 5.91 Å². The molecule has 4 heteroatoms. The second-order valence-electron chi connectivity index (χ2n) is 7.00. The van der Waals surface area contributed by atoms with Crippen LogP contribution >= 0.6 is 0 Å². The van der Waals surface area contributed by atoms with Crippen LogP contribution in [-0.2, 0) is 0 Å². The van der Waals surface area contributed by atoms with Crippen molar-refractivity contribution in [2.45, 2.75) is 52.5 Å². The number of nitrogens with zero attached hydrogens (tertiary/aromatic N) is 1. The van der Waals surface area contributed by atoms with Gasteiger partial charge >= 0.3 is 0 Å². The molecule has 0 aromatic heterocycles. The minimum absolute atomic E-state index is 0.0522. The van der Waals surface area contributed by atoms with Gasteiger partial charge in [-0.05, 0) is 50.2 Å². The van der Waals surface area contributed by atoms with Crippen molar-refractivity contribution in [3.8, 4) is 0 Å². The molecule has 0 unspecified atom stereocenters. The zero-order chi connectivity index (χ0) is 15.6. The fourth-order valence-electron chi connectivity index (χ4n) is 3.09. The zero-order valence-corrected chi connectivity index (χ0v) is 13.6. The van der Waals surface area contributed by atoms with Crippen LogP contribution in [0.1, 0.15) is 55.5 Å². The molecule has 4 nitrogen and oxygen atoms in total. The third kappa shape index (κ3) is 3.56. The van der Waals surface area contributed by atoms with E-state index in [4.69, 9.17) is 5.84 Å². The van der Waals surface area contributed by atoms with Crippen LogP contribution < -0.4 is 11.3 Å². The number of carbonyl (C=O) groups excluding carboxylic acids is 1. The molecule has 0 aliphatic heterocycles. The Bertz CT molecular complexity index is 515. The fourth-order valence-corrected chi connectivity index (χ4v) is 3.09. The summed E-state index contributed by atoms with van der Waals surface area (Å²) in [6, 6.07) is 6.05. The summed E-state index contributed by atoms with van der Waals surface area (Å²) in [4.78, 5) is 14.7. The van der Waals surface area contributed by atoms with E-state index in [0.717, 1.165) is 18.4 Å². The van der Waals surface area contributed by atoms with Gasteiger partial charge in [0.2, 0.25) is 0 Å². The van der Waals surface area contributed by atoms with Crippen LogP contribution in [0.4, 0.5) is 5.69 Å². The van der Waals surface area contributed by atoms with Crippen molar-refractivity contribution in [3.63, 3.8) is 0 Å². The van der Waals surface area contributed by atoms with Crippen LogP contribution in [-0.4, -0.2) is 23.9 Å². The minimum Gasteiger partial charge on any atom is -0.339 e. The summed E-state index contributed by atoms with van der Waals surface area (Å²) < 4.78 is 0. The van der Waals surface area contributed by atoms with E-state index in [1.165, 1.54) is 12.8 Å². The Labute approximate surface area is 127 Å². The molecule has 3 N–H and O–H groups in total. The van der Waals surface area contributed by atoms with Crippen molar-refractivity contribution >= 4 is 11.6 Å². The number of nitrogens with two attached hydrogens (primary N) is 1. The number of amides is 1. The smallest absolute Gasteiger partial charge is 0.256 e. The Morgan fingerprint density at radius 1 is 1.33 bits per heavy atom. The quantitative estimate of drug-likeness (QED) is 0.663. The van der Waals surface area contributed by atoms with Gasteiger partial charge < -0.3 is 10.3 Å². The number of nitrogen functional groups attached to an aromatic ring is 1. The Hall–Kier alpha value is -1.55. The molecule has 116 valence electrons. The molecule has 1 aliphatic carbocycles. The summed E-state index contributed by atoms with van der Waals surface area (Å²) in [5, 5.41) is 0. The molecule has 1 amide bonds. The molecule has 0 spiro atoms. The Balaban J connectivity index is 2.15. The van der Waals surface area contributed by atoms with Crippen molar-refractivity contribution in [1.82, 2.24) is 4.90 Å². The summed E-state index contributed by atoms with van der Waals surface area (Å²) in [6.45, 7) is 6.60. The van der Waals surface area contributed by atoms with Crippen molar-refractivity contribution in [1.29, 1.82) is 0 Å². The highest BCUT2D eigenvalue weighted by Gasteiger charge is 2.31. The summed E-state index contributed by atoms with van der Waals surface area (Å²) in [5.41, 5.74) is 5.45. The van der Waals surface area contributed by atoms with Crippen LogP contribution in [0.25, 0.3) is 0 Å². The van der Waals surface area contributed by atoms with Gasteiger partial charge in [-0.25, -0.2) is 0 Å². The van der Waals surface area contributed by atoms with E-state index < -0.39 is 0 Å². The maximum Gasteiger partial charge on any atom is 0.256 e. The van der Waals surface area contributed by atoms with Crippen LogP contribution in [0.5, 0.6) is 0 Å². The molecule has 1 aromatic carbocycles. The molecular weight excluding hydrogens is 262 g/mol. The van der Waals surface area contributed by atoms with Crippen LogP contribution in [0.15, 0.2) is 18.2 Å². The molecule has 0 atom stereocenters. The van der Waals surface area contributed by atoms with E-state index in [9.17, 15) is 4.79 Å². The molecule has 2 rings (SSSR count). The predicted molar refractivity (Wildman–Crippen MR) is 87.1 cm³/mol. The van der Waals surface area contributed by atoms with E-state index in [-0.39, 0.29) is 5.91 Å². The molecule has 0 saturated heterocycles. The van der Waals surface area contributed by atoms with E-state index in [1.54, 1.807) is 0 Å². The molecule has 1 aliphatic rings. The number of carbonyl (C=O) groups is 1. The lowest BCUT2D eigenvalue weighted by Gasteiger charge is -2.38. The first-order valence-electron chi connectivity index (χ1n) is 7.68. The average molecular weight is 289 g/mol. The fraction of sp³-hybridized carbons (Fsp3) is 0.588. The molecule has 0 radical (unpaired) electrons. The highest BCUT2D eigenvalue weighted by Crippen LogP contribution is 2.37. The van der Waals surface area contributed by atoms with Crippen molar-refractivity contribution < 1.29 is 4.79 Å². The first kappa shape index (κ1) is 15.8. The van der Waals surface area contributed by atoms with Gasteiger partial charge in [-0.1, -0.05) is 25.5 Å². The minimum atomic E-state index is 0.0522. The van der Waals surface area contributed by atoms with E-state index >= 15 is 0 Å². The second-order valence-corrected chi connectivity index (χ2v) is 7.00. The molecular formula is C17H27N3O. The average Bonchev–Trinajstić information content (AvgIpc) is 2.45. The Kier molecular flexibility index (Phi) is 4.57. The highest BCUT2D eigenvalue weighted by atomic mass is 16.2. The monoisotopic (exact) mass is 289 g/mol. The summed E-state index contributed by atoms with van der Waals surface area (Å²) in [7, 11) is 1.91. The summed E-state index contributed by atoms with van der Waals surface area (Å²) in [5.74, 6) is 5.58. The van der Waals surface area contributed by atoms with Crippen LogP contribution in [0, 0.1) is 12.3 Å². The third-order valence-electron chi connectivity index (χ3n) is 4.74. The van der Waals surface area contributed by atoms with Gasteiger partial charge in [0.1, 0.15) is 0 Å². The van der Waals surface area contributed by atoms with Crippen LogP contribution in [0.3, 0.4) is 0 Å². The predicted octanol–water partition coefficient (Wildman–Crippen LogP) is 3.32. The van der Waals surface area contributed by atoms with Gasteiger partial charge in [-0.3, -0.25) is 10.6 Å². The Morgan fingerprint density at radius 2 is 1.95 bits per heavy atom. The number of hydrazine groups is 1. The van der Waals surface area contributed by atoms with Crippen LogP contribution in [0.2, 0.25) is 0 Å². The number of aryl methyl sites for hydroxylation is 1. The van der Waals surface area contributed by atoms with Gasteiger partial charge in [-0.15, -0.1) is 0 Å². The molecule has 1 aromatic rings.